The molecule has 0 heterocycles. The lowest BCUT2D eigenvalue weighted by Gasteiger charge is -2.18. The van der Waals surface area contributed by atoms with Crippen molar-refractivity contribution in [2.45, 2.75) is 104 Å². The van der Waals surface area contributed by atoms with Crippen LogP contribution in [0, 0.1) is 5.92 Å². The van der Waals surface area contributed by atoms with Gasteiger partial charge in [-0.25, -0.2) is 4.79 Å². The molecule has 4 heteroatoms. The van der Waals surface area contributed by atoms with Crippen LogP contribution in [0.4, 0.5) is 0 Å². The molecule has 2 unspecified atom stereocenters. The van der Waals surface area contributed by atoms with Gasteiger partial charge in [-0.3, -0.25) is 4.79 Å². The summed E-state index contributed by atoms with van der Waals surface area (Å²) >= 11 is 0. The highest BCUT2D eigenvalue weighted by molar-refractivity contribution is 5.75. The SMILES string of the molecule is CCCCCCCCCC(OC=O)C(=O)OCC(CC)CCCC. The Balaban J connectivity index is 4.01. The van der Waals surface area contributed by atoms with Gasteiger partial charge in [0.2, 0.25) is 0 Å². The Kier molecular flexibility index (Phi) is 16.0. The lowest BCUT2D eigenvalue weighted by molar-refractivity contribution is -0.163. The second-order valence-corrected chi connectivity index (χ2v) is 6.68. The van der Waals surface area contributed by atoms with Crippen LogP contribution >= 0.6 is 0 Å². The number of carbonyl (C=O) groups is 2. The first-order chi connectivity index (χ1) is 11.7. The van der Waals surface area contributed by atoms with E-state index in [0.29, 0.717) is 25.4 Å². The third-order valence-corrected chi connectivity index (χ3v) is 4.56. The summed E-state index contributed by atoms with van der Waals surface area (Å²) in [6.45, 7) is 7.28. The standard InChI is InChI=1S/C20H38O4/c1-4-7-9-10-11-12-13-15-19(24-17-21)20(22)23-16-18(6-3)14-8-5-2/h17-19H,4-16H2,1-3H3. The van der Waals surface area contributed by atoms with Crippen LogP contribution in [0.25, 0.3) is 0 Å². The topological polar surface area (TPSA) is 52.6 Å². The van der Waals surface area contributed by atoms with Gasteiger partial charge in [-0.1, -0.05) is 78.6 Å². The first kappa shape index (κ1) is 22.9. The third-order valence-electron chi connectivity index (χ3n) is 4.56. The van der Waals surface area contributed by atoms with Gasteiger partial charge in [-0.15, -0.1) is 0 Å². The second kappa shape index (κ2) is 16.8. The summed E-state index contributed by atoms with van der Waals surface area (Å²) in [7, 11) is 0. The van der Waals surface area contributed by atoms with Crippen LogP contribution in [0.15, 0.2) is 0 Å². The number of esters is 1. The van der Waals surface area contributed by atoms with Crippen LogP contribution in [0.1, 0.15) is 97.8 Å². The summed E-state index contributed by atoms with van der Waals surface area (Å²) in [6, 6.07) is 0. The molecule has 24 heavy (non-hydrogen) atoms. The summed E-state index contributed by atoms with van der Waals surface area (Å²) in [5.74, 6) is 0.0207. The number of hydrogen-bond acceptors (Lipinski definition) is 4. The van der Waals surface area contributed by atoms with Gasteiger partial charge >= 0.3 is 5.97 Å². The average molecular weight is 343 g/mol. The zero-order chi connectivity index (χ0) is 18.0. The van der Waals surface area contributed by atoms with Crippen molar-refractivity contribution >= 4 is 12.4 Å². The zero-order valence-electron chi connectivity index (χ0n) is 16.1. The molecule has 0 rings (SSSR count). The number of rotatable bonds is 17. The van der Waals surface area contributed by atoms with Gasteiger partial charge in [-0.05, 0) is 25.2 Å². The van der Waals surface area contributed by atoms with E-state index < -0.39 is 6.10 Å². The molecule has 0 aliphatic heterocycles. The van der Waals surface area contributed by atoms with E-state index >= 15 is 0 Å². The van der Waals surface area contributed by atoms with Gasteiger partial charge in [0.1, 0.15) is 0 Å². The molecule has 0 aromatic carbocycles. The molecule has 0 aliphatic carbocycles. The highest BCUT2D eigenvalue weighted by atomic mass is 16.6. The Labute approximate surface area is 148 Å². The largest absolute Gasteiger partial charge is 0.463 e. The first-order valence-corrected chi connectivity index (χ1v) is 9.95. The van der Waals surface area contributed by atoms with Crippen LogP contribution in [-0.4, -0.2) is 25.2 Å². The van der Waals surface area contributed by atoms with Gasteiger partial charge in [0.05, 0.1) is 6.61 Å². The fraction of sp³-hybridized carbons (Fsp3) is 0.900. The Morgan fingerprint density at radius 1 is 0.875 bits per heavy atom. The minimum Gasteiger partial charge on any atom is -0.463 e. The summed E-state index contributed by atoms with van der Waals surface area (Å²) in [6.07, 6.45) is 12.4. The zero-order valence-corrected chi connectivity index (χ0v) is 16.1. The third kappa shape index (κ3) is 12.4. The Morgan fingerprint density at radius 3 is 2.08 bits per heavy atom. The fourth-order valence-electron chi connectivity index (χ4n) is 2.79. The maximum absolute atomic E-state index is 12.1. The van der Waals surface area contributed by atoms with Crippen LogP contribution in [-0.2, 0) is 19.1 Å². The molecule has 0 spiro atoms. The van der Waals surface area contributed by atoms with Crippen molar-refractivity contribution in [3.05, 3.63) is 0 Å². The van der Waals surface area contributed by atoms with E-state index in [-0.39, 0.29) is 5.97 Å². The van der Waals surface area contributed by atoms with Crippen LogP contribution in [0.5, 0.6) is 0 Å². The van der Waals surface area contributed by atoms with E-state index in [1.165, 1.54) is 32.1 Å². The lowest BCUT2D eigenvalue weighted by Crippen LogP contribution is -2.28. The van der Waals surface area contributed by atoms with E-state index in [2.05, 4.69) is 20.8 Å². The van der Waals surface area contributed by atoms with Crippen molar-refractivity contribution in [1.82, 2.24) is 0 Å². The van der Waals surface area contributed by atoms with Crippen molar-refractivity contribution in [1.29, 1.82) is 0 Å². The summed E-state index contributed by atoms with van der Waals surface area (Å²) in [4.78, 5) is 22.8. The summed E-state index contributed by atoms with van der Waals surface area (Å²) in [5.41, 5.74) is 0. The molecule has 4 nitrogen and oxygen atoms in total. The molecule has 0 amide bonds. The fourth-order valence-corrected chi connectivity index (χ4v) is 2.79. The molecule has 0 saturated carbocycles. The van der Waals surface area contributed by atoms with Crippen molar-refractivity contribution < 1.29 is 19.1 Å². The van der Waals surface area contributed by atoms with E-state index in [1.807, 2.05) is 0 Å². The van der Waals surface area contributed by atoms with Gasteiger partial charge in [0, 0.05) is 0 Å². The predicted octanol–water partition coefficient (Wildman–Crippen LogP) is 5.43. The molecule has 0 aliphatic rings. The van der Waals surface area contributed by atoms with Gasteiger partial charge in [-0.2, -0.15) is 0 Å². The lowest BCUT2D eigenvalue weighted by atomic mass is 10.0. The van der Waals surface area contributed by atoms with Crippen molar-refractivity contribution in [3.63, 3.8) is 0 Å². The summed E-state index contributed by atoms with van der Waals surface area (Å²) < 4.78 is 10.3. The highest BCUT2D eigenvalue weighted by Gasteiger charge is 2.22. The van der Waals surface area contributed by atoms with Crippen molar-refractivity contribution in [3.8, 4) is 0 Å². The highest BCUT2D eigenvalue weighted by Crippen LogP contribution is 2.15. The molecule has 0 aromatic rings. The Bertz CT molecular complexity index is 304. The van der Waals surface area contributed by atoms with E-state index in [4.69, 9.17) is 9.47 Å². The number of unbranched alkanes of at least 4 members (excludes halogenated alkanes) is 7. The molecule has 0 fully saturated rings. The molecule has 0 saturated heterocycles. The van der Waals surface area contributed by atoms with Crippen LogP contribution in [0.2, 0.25) is 0 Å². The molecule has 0 aromatic heterocycles. The van der Waals surface area contributed by atoms with Gasteiger partial charge < -0.3 is 9.47 Å². The molecular weight excluding hydrogens is 304 g/mol. The predicted molar refractivity (Wildman–Crippen MR) is 97.8 cm³/mol. The molecule has 142 valence electrons. The number of ether oxygens (including phenoxy) is 2. The maximum Gasteiger partial charge on any atom is 0.347 e. The minimum absolute atomic E-state index is 0.363. The van der Waals surface area contributed by atoms with E-state index in [9.17, 15) is 9.59 Å². The monoisotopic (exact) mass is 342 g/mol. The smallest absolute Gasteiger partial charge is 0.347 e. The van der Waals surface area contributed by atoms with Crippen molar-refractivity contribution in [2.24, 2.45) is 5.92 Å². The molecule has 0 bridgehead atoms. The number of carbonyl (C=O) groups excluding carboxylic acids is 2. The number of hydrogen-bond donors (Lipinski definition) is 0. The van der Waals surface area contributed by atoms with Gasteiger partial charge in [0.25, 0.3) is 6.47 Å². The average Bonchev–Trinajstić information content (AvgIpc) is 2.60. The van der Waals surface area contributed by atoms with E-state index in [0.717, 1.165) is 38.5 Å². The molecule has 2 atom stereocenters. The maximum atomic E-state index is 12.1. The quantitative estimate of drug-likeness (QED) is 0.201. The Morgan fingerprint density at radius 2 is 1.50 bits per heavy atom. The second-order valence-electron chi connectivity index (χ2n) is 6.68. The minimum atomic E-state index is -0.734. The normalized spacial score (nSPS) is 13.3. The van der Waals surface area contributed by atoms with Crippen molar-refractivity contribution in [2.75, 3.05) is 6.61 Å². The van der Waals surface area contributed by atoms with E-state index in [1.54, 1.807) is 0 Å². The molecule has 0 N–H and O–H groups in total. The van der Waals surface area contributed by atoms with Crippen LogP contribution in [0.3, 0.4) is 0 Å². The first-order valence-electron chi connectivity index (χ1n) is 9.95. The Hall–Kier alpha value is -1.06. The molecular formula is C20H38O4. The van der Waals surface area contributed by atoms with Gasteiger partial charge in [0.15, 0.2) is 6.10 Å². The van der Waals surface area contributed by atoms with Crippen LogP contribution < -0.4 is 0 Å². The molecule has 0 radical (unpaired) electrons. The summed E-state index contributed by atoms with van der Waals surface area (Å²) in [5, 5.41) is 0.